The number of hydrogen-bond donors (Lipinski definition) is 3. The van der Waals surface area contributed by atoms with Gasteiger partial charge in [0.05, 0.1) is 0 Å². The van der Waals surface area contributed by atoms with E-state index < -0.39 is 5.54 Å². The minimum atomic E-state index is -0.441. The quantitative estimate of drug-likeness (QED) is 0.737. The predicted molar refractivity (Wildman–Crippen MR) is 92.6 cm³/mol. The Bertz CT molecular complexity index is 482. The van der Waals surface area contributed by atoms with Gasteiger partial charge in [0.15, 0.2) is 0 Å². The van der Waals surface area contributed by atoms with Crippen LogP contribution in [-0.2, 0) is 0 Å². The van der Waals surface area contributed by atoms with Crippen LogP contribution in [0.2, 0.25) is 0 Å². The number of hydrogen-bond acceptors (Lipinski definition) is 2. The number of carbonyl (C=O) groups is 1. The number of anilines is 1. The van der Waals surface area contributed by atoms with Crippen molar-refractivity contribution in [3.8, 4) is 0 Å². The fourth-order valence-corrected chi connectivity index (χ4v) is 2.49. The third-order valence-corrected chi connectivity index (χ3v) is 3.80. The second kappa shape index (κ2) is 7.63. The summed E-state index contributed by atoms with van der Waals surface area (Å²) in [6.07, 6.45) is 0.517. The topological polar surface area (TPSA) is 61.4 Å². The number of aliphatic hydroxyl groups is 1. The first-order valence-corrected chi connectivity index (χ1v) is 8.00. The molecule has 22 heavy (non-hydrogen) atoms. The van der Waals surface area contributed by atoms with Crippen LogP contribution in [0.4, 0.5) is 10.5 Å². The van der Waals surface area contributed by atoms with Gasteiger partial charge in [-0.3, -0.25) is 0 Å². The highest BCUT2D eigenvalue weighted by Gasteiger charge is 2.21. The third-order valence-electron chi connectivity index (χ3n) is 3.80. The summed E-state index contributed by atoms with van der Waals surface area (Å²) in [4.78, 5) is 12.3. The minimum Gasteiger partial charge on any atom is -0.396 e. The van der Waals surface area contributed by atoms with E-state index in [1.165, 1.54) is 0 Å². The largest absolute Gasteiger partial charge is 0.396 e. The second-order valence-electron chi connectivity index (χ2n) is 7.06. The van der Waals surface area contributed by atoms with E-state index in [9.17, 15) is 4.79 Å². The van der Waals surface area contributed by atoms with E-state index in [0.717, 1.165) is 16.8 Å². The third kappa shape index (κ3) is 5.02. The Hall–Kier alpha value is -1.55. The molecule has 0 bridgehead atoms. The summed E-state index contributed by atoms with van der Waals surface area (Å²) >= 11 is 0. The van der Waals surface area contributed by atoms with Crippen molar-refractivity contribution in [3.63, 3.8) is 0 Å². The first-order valence-electron chi connectivity index (χ1n) is 8.00. The number of nitrogens with one attached hydrogen (secondary N) is 2. The van der Waals surface area contributed by atoms with Crippen LogP contribution < -0.4 is 10.6 Å². The Balaban J connectivity index is 3.03. The van der Waals surface area contributed by atoms with E-state index >= 15 is 0 Å². The lowest BCUT2D eigenvalue weighted by atomic mass is 9.92. The highest BCUT2D eigenvalue weighted by atomic mass is 16.3. The van der Waals surface area contributed by atoms with Gasteiger partial charge in [-0.1, -0.05) is 45.9 Å². The predicted octanol–water partition coefficient (Wildman–Crippen LogP) is 4.22. The highest BCUT2D eigenvalue weighted by molar-refractivity contribution is 5.91. The zero-order valence-electron chi connectivity index (χ0n) is 14.7. The summed E-state index contributed by atoms with van der Waals surface area (Å²) in [6.45, 7) is 12.3. The van der Waals surface area contributed by atoms with Gasteiger partial charge in [0.1, 0.15) is 0 Å². The fourth-order valence-electron chi connectivity index (χ4n) is 2.49. The van der Waals surface area contributed by atoms with Crippen LogP contribution in [0, 0.1) is 0 Å². The van der Waals surface area contributed by atoms with Crippen LogP contribution in [0.5, 0.6) is 0 Å². The Morgan fingerprint density at radius 2 is 1.64 bits per heavy atom. The highest BCUT2D eigenvalue weighted by Crippen LogP contribution is 2.32. The van der Waals surface area contributed by atoms with E-state index in [2.05, 4.69) is 50.5 Å². The smallest absolute Gasteiger partial charge is 0.319 e. The van der Waals surface area contributed by atoms with Gasteiger partial charge in [-0.25, -0.2) is 4.79 Å². The lowest BCUT2D eigenvalue weighted by Gasteiger charge is -2.27. The standard InChI is InChI=1S/C18H30N2O2/c1-12(2)14-8-7-9-15(13(3)4)16(14)19-17(22)20-18(5,6)10-11-21/h7-9,12-13,21H,10-11H2,1-6H3,(H2,19,20,22). The summed E-state index contributed by atoms with van der Waals surface area (Å²) in [7, 11) is 0. The first-order chi connectivity index (χ1) is 10.2. The average molecular weight is 306 g/mol. The van der Waals surface area contributed by atoms with E-state index in [-0.39, 0.29) is 12.6 Å². The van der Waals surface area contributed by atoms with Crippen LogP contribution in [0.1, 0.15) is 70.9 Å². The molecule has 0 radical (unpaired) electrons. The summed E-state index contributed by atoms with van der Waals surface area (Å²) in [5, 5.41) is 15.0. The number of para-hydroxylation sites is 1. The Labute approximate surface area is 134 Å². The minimum absolute atomic E-state index is 0.0487. The molecule has 4 heteroatoms. The molecule has 0 unspecified atom stereocenters. The van der Waals surface area contributed by atoms with Crippen molar-refractivity contribution in [3.05, 3.63) is 29.3 Å². The van der Waals surface area contributed by atoms with Gasteiger partial charge in [0.2, 0.25) is 0 Å². The van der Waals surface area contributed by atoms with Gasteiger partial charge in [-0.05, 0) is 43.2 Å². The number of benzene rings is 1. The molecule has 0 aromatic heterocycles. The lowest BCUT2D eigenvalue weighted by molar-refractivity contribution is 0.218. The molecule has 1 aromatic carbocycles. The molecule has 0 atom stereocenters. The molecule has 1 rings (SSSR count). The molecule has 0 heterocycles. The number of urea groups is 1. The molecule has 0 spiro atoms. The number of carbonyl (C=O) groups excluding carboxylic acids is 1. The van der Waals surface area contributed by atoms with E-state index in [4.69, 9.17) is 5.11 Å². The number of aliphatic hydroxyl groups excluding tert-OH is 1. The maximum absolute atomic E-state index is 12.3. The maximum Gasteiger partial charge on any atom is 0.319 e. The molecule has 4 nitrogen and oxygen atoms in total. The molecule has 0 fully saturated rings. The molecule has 1 aromatic rings. The second-order valence-corrected chi connectivity index (χ2v) is 7.06. The average Bonchev–Trinajstić information content (AvgIpc) is 2.37. The fraction of sp³-hybridized carbons (Fsp3) is 0.611. The SMILES string of the molecule is CC(C)c1cccc(C(C)C)c1NC(=O)NC(C)(C)CCO. The van der Waals surface area contributed by atoms with Gasteiger partial charge in [0, 0.05) is 17.8 Å². The summed E-state index contributed by atoms with van der Waals surface area (Å²) in [6, 6.07) is 5.94. The van der Waals surface area contributed by atoms with Crippen molar-refractivity contribution in [2.24, 2.45) is 0 Å². The summed E-state index contributed by atoms with van der Waals surface area (Å²) < 4.78 is 0. The zero-order valence-corrected chi connectivity index (χ0v) is 14.7. The van der Waals surface area contributed by atoms with Gasteiger partial charge >= 0.3 is 6.03 Å². The van der Waals surface area contributed by atoms with Crippen molar-refractivity contribution in [1.82, 2.24) is 5.32 Å². The van der Waals surface area contributed by atoms with Gasteiger partial charge in [0.25, 0.3) is 0 Å². The van der Waals surface area contributed by atoms with E-state index in [1.807, 2.05) is 19.9 Å². The number of amides is 2. The Kier molecular flexibility index (Phi) is 6.42. The number of rotatable bonds is 6. The Morgan fingerprint density at radius 1 is 1.14 bits per heavy atom. The molecular formula is C18H30N2O2. The van der Waals surface area contributed by atoms with Gasteiger partial charge in [-0.2, -0.15) is 0 Å². The van der Waals surface area contributed by atoms with Crippen molar-refractivity contribution in [2.75, 3.05) is 11.9 Å². The van der Waals surface area contributed by atoms with Crippen LogP contribution in [0.15, 0.2) is 18.2 Å². The summed E-state index contributed by atoms with van der Waals surface area (Å²) in [5.41, 5.74) is 2.75. The first kappa shape index (κ1) is 18.5. The van der Waals surface area contributed by atoms with Crippen LogP contribution in [0.25, 0.3) is 0 Å². The molecule has 0 aliphatic rings. The van der Waals surface area contributed by atoms with Crippen molar-refractivity contribution >= 4 is 11.7 Å². The van der Waals surface area contributed by atoms with E-state index in [0.29, 0.717) is 18.3 Å². The van der Waals surface area contributed by atoms with Gasteiger partial charge < -0.3 is 15.7 Å². The molecule has 3 N–H and O–H groups in total. The zero-order chi connectivity index (χ0) is 16.9. The van der Waals surface area contributed by atoms with Crippen LogP contribution >= 0.6 is 0 Å². The van der Waals surface area contributed by atoms with Crippen molar-refractivity contribution in [2.45, 2.75) is 65.3 Å². The van der Waals surface area contributed by atoms with Crippen LogP contribution in [-0.4, -0.2) is 23.3 Å². The molecule has 2 amide bonds. The molecule has 0 aliphatic heterocycles. The molecule has 124 valence electrons. The van der Waals surface area contributed by atoms with Crippen LogP contribution in [0.3, 0.4) is 0 Å². The molecule has 0 aliphatic carbocycles. The molecule has 0 saturated heterocycles. The summed E-state index contributed by atoms with van der Waals surface area (Å²) in [5.74, 6) is 0.666. The molecular weight excluding hydrogens is 276 g/mol. The lowest BCUT2D eigenvalue weighted by Crippen LogP contribution is -2.46. The van der Waals surface area contributed by atoms with E-state index in [1.54, 1.807) is 0 Å². The van der Waals surface area contributed by atoms with Gasteiger partial charge in [-0.15, -0.1) is 0 Å². The van der Waals surface area contributed by atoms with Crippen molar-refractivity contribution < 1.29 is 9.90 Å². The maximum atomic E-state index is 12.3. The molecule has 0 saturated carbocycles. The Morgan fingerprint density at radius 3 is 2.05 bits per heavy atom. The normalized spacial score (nSPS) is 11.9. The van der Waals surface area contributed by atoms with Crippen molar-refractivity contribution in [1.29, 1.82) is 0 Å². The monoisotopic (exact) mass is 306 g/mol.